The number of carbonyl (C=O) groups excluding carboxylic acids is 3. The normalized spacial score (nSPS) is 11.6. The molecule has 0 aliphatic heterocycles. The van der Waals surface area contributed by atoms with E-state index in [4.69, 9.17) is 4.74 Å². The van der Waals surface area contributed by atoms with Gasteiger partial charge in [0.2, 0.25) is 5.91 Å². The Morgan fingerprint density at radius 2 is 1.38 bits per heavy atom. The predicted molar refractivity (Wildman–Crippen MR) is 196 cm³/mol. The SMILES string of the molecule is CCC(Sc1cccc(NC(=O)/C(=C/c2ccc(OCc3ccccc3)cc2)NC(=O)c2ccccc2)c1)C(=O)Nc1cccc(C(=O)O)c1. The van der Waals surface area contributed by atoms with Crippen molar-refractivity contribution < 1.29 is 29.0 Å². The van der Waals surface area contributed by atoms with Crippen molar-refractivity contribution in [2.75, 3.05) is 10.6 Å². The lowest BCUT2D eigenvalue weighted by molar-refractivity contribution is -0.116. The van der Waals surface area contributed by atoms with Crippen LogP contribution in [0, 0.1) is 0 Å². The topological polar surface area (TPSA) is 134 Å². The summed E-state index contributed by atoms with van der Waals surface area (Å²) in [6, 6.07) is 38.7. The van der Waals surface area contributed by atoms with E-state index in [2.05, 4.69) is 16.0 Å². The molecule has 10 heteroatoms. The minimum atomic E-state index is -1.08. The summed E-state index contributed by atoms with van der Waals surface area (Å²) in [5.74, 6) is -1.68. The monoisotopic (exact) mass is 685 g/mol. The first-order valence-corrected chi connectivity index (χ1v) is 16.7. The summed E-state index contributed by atoms with van der Waals surface area (Å²) in [4.78, 5) is 51.9. The van der Waals surface area contributed by atoms with Crippen molar-refractivity contribution in [1.29, 1.82) is 0 Å². The minimum absolute atomic E-state index is 0.0317. The van der Waals surface area contributed by atoms with Crippen molar-refractivity contribution in [3.8, 4) is 5.75 Å². The summed E-state index contributed by atoms with van der Waals surface area (Å²) in [7, 11) is 0. The van der Waals surface area contributed by atoms with E-state index in [0.29, 0.717) is 41.3 Å². The predicted octanol–water partition coefficient (Wildman–Crippen LogP) is 7.88. The first kappa shape index (κ1) is 35.2. The summed E-state index contributed by atoms with van der Waals surface area (Å²) >= 11 is 1.31. The molecular formula is C40H35N3O6S. The summed E-state index contributed by atoms with van der Waals surface area (Å²) in [6.07, 6.45) is 2.09. The summed E-state index contributed by atoms with van der Waals surface area (Å²) in [5.41, 5.74) is 3.07. The highest BCUT2D eigenvalue weighted by Crippen LogP contribution is 2.29. The smallest absolute Gasteiger partial charge is 0.335 e. The van der Waals surface area contributed by atoms with Crippen LogP contribution in [0.25, 0.3) is 6.08 Å². The van der Waals surface area contributed by atoms with Crippen molar-refractivity contribution in [2.45, 2.75) is 30.1 Å². The second kappa shape index (κ2) is 17.3. The number of ether oxygens (including phenoxy) is 1. The van der Waals surface area contributed by atoms with Gasteiger partial charge in [-0.25, -0.2) is 4.79 Å². The van der Waals surface area contributed by atoms with Gasteiger partial charge in [-0.15, -0.1) is 11.8 Å². The quantitative estimate of drug-likeness (QED) is 0.0690. The van der Waals surface area contributed by atoms with Crippen LogP contribution in [0.5, 0.6) is 5.75 Å². The number of hydrogen-bond acceptors (Lipinski definition) is 6. The number of aromatic carboxylic acids is 1. The number of amides is 3. The molecule has 252 valence electrons. The van der Waals surface area contributed by atoms with E-state index >= 15 is 0 Å². The fourth-order valence-electron chi connectivity index (χ4n) is 4.80. The van der Waals surface area contributed by atoms with E-state index in [1.165, 1.54) is 23.9 Å². The molecule has 0 heterocycles. The standard InChI is InChI=1S/C40H35N3O6S/c1-2-36(39(46)42-31-16-9-15-30(24-31)40(47)48)50-34-18-10-17-32(25-34)41-38(45)35(43-37(44)29-13-7-4-8-14-29)23-27-19-21-33(22-20-27)49-26-28-11-5-3-6-12-28/h3-25,36H,2,26H2,1H3,(H,41,45)(H,42,46)(H,43,44)(H,47,48)/b35-23-. The summed E-state index contributed by atoms with van der Waals surface area (Å²) in [5, 5.41) is 17.2. The van der Waals surface area contributed by atoms with Crippen LogP contribution in [0.3, 0.4) is 0 Å². The zero-order valence-electron chi connectivity index (χ0n) is 27.2. The number of carboxylic acid groups (broad SMARTS) is 1. The van der Waals surface area contributed by atoms with Gasteiger partial charge in [-0.05, 0) is 84.3 Å². The Labute approximate surface area is 294 Å². The number of hydrogen-bond donors (Lipinski definition) is 4. The Hall–Kier alpha value is -6.13. The molecule has 5 rings (SSSR count). The molecular weight excluding hydrogens is 651 g/mol. The average molecular weight is 686 g/mol. The molecule has 1 atom stereocenters. The maximum Gasteiger partial charge on any atom is 0.335 e. The molecule has 9 nitrogen and oxygen atoms in total. The van der Waals surface area contributed by atoms with E-state index in [0.717, 1.165) is 10.5 Å². The van der Waals surface area contributed by atoms with Gasteiger partial charge in [0, 0.05) is 21.8 Å². The lowest BCUT2D eigenvalue weighted by atomic mass is 10.1. The highest BCUT2D eigenvalue weighted by Gasteiger charge is 2.20. The van der Waals surface area contributed by atoms with Gasteiger partial charge in [-0.3, -0.25) is 14.4 Å². The molecule has 0 saturated heterocycles. The number of carbonyl (C=O) groups is 4. The Kier molecular flexibility index (Phi) is 12.2. The van der Waals surface area contributed by atoms with E-state index in [1.54, 1.807) is 91.0 Å². The Morgan fingerprint density at radius 3 is 2.06 bits per heavy atom. The van der Waals surface area contributed by atoms with Gasteiger partial charge in [0.1, 0.15) is 18.1 Å². The van der Waals surface area contributed by atoms with Crippen LogP contribution in [0.15, 0.2) is 144 Å². The third kappa shape index (κ3) is 10.2. The molecule has 0 fully saturated rings. The van der Waals surface area contributed by atoms with Gasteiger partial charge >= 0.3 is 5.97 Å². The van der Waals surface area contributed by atoms with Crippen LogP contribution in [-0.4, -0.2) is 34.0 Å². The van der Waals surface area contributed by atoms with E-state index < -0.39 is 23.0 Å². The third-order valence-corrected chi connectivity index (χ3v) is 8.74. The van der Waals surface area contributed by atoms with Crippen LogP contribution in [0.4, 0.5) is 11.4 Å². The second-order valence-electron chi connectivity index (χ2n) is 11.1. The number of benzene rings is 5. The maximum absolute atomic E-state index is 13.7. The van der Waals surface area contributed by atoms with Crippen molar-refractivity contribution >= 4 is 52.9 Å². The zero-order chi connectivity index (χ0) is 35.3. The largest absolute Gasteiger partial charge is 0.489 e. The molecule has 0 aliphatic carbocycles. The van der Waals surface area contributed by atoms with Crippen molar-refractivity contribution in [3.63, 3.8) is 0 Å². The lowest BCUT2D eigenvalue weighted by Gasteiger charge is -2.16. The van der Waals surface area contributed by atoms with Crippen LogP contribution in [-0.2, 0) is 16.2 Å². The first-order chi connectivity index (χ1) is 24.3. The molecule has 0 saturated carbocycles. The average Bonchev–Trinajstić information content (AvgIpc) is 3.14. The fourth-order valence-corrected chi connectivity index (χ4v) is 5.81. The molecule has 0 spiro atoms. The highest BCUT2D eigenvalue weighted by molar-refractivity contribution is 8.00. The molecule has 5 aromatic rings. The van der Waals surface area contributed by atoms with Gasteiger partial charge < -0.3 is 25.8 Å². The van der Waals surface area contributed by atoms with Crippen LogP contribution in [0.2, 0.25) is 0 Å². The van der Waals surface area contributed by atoms with Gasteiger partial charge in [0.05, 0.1) is 10.8 Å². The molecule has 50 heavy (non-hydrogen) atoms. The number of rotatable bonds is 14. The van der Waals surface area contributed by atoms with Crippen LogP contribution < -0.4 is 20.7 Å². The Balaban J connectivity index is 1.29. The van der Waals surface area contributed by atoms with E-state index in [1.807, 2.05) is 43.3 Å². The summed E-state index contributed by atoms with van der Waals surface area (Å²) < 4.78 is 5.89. The summed E-state index contributed by atoms with van der Waals surface area (Å²) in [6.45, 7) is 2.30. The molecule has 0 radical (unpaired) electrons. The number of carboxylic acids is 1. The molecule has 0 bridgehead atoms. The Morgan fingerprint density at radius 1 is 0.740 bits per heavy atom. The maximum atomic E-state index is 13.7. The van der Waals surface area contributed by atoms with E-state index in [9.17, 15) is 24.3 Å². The molecule has 0 aromatic heterocycles. The number of anilines is 2. The number of thioether (sulfide) groups is 1. The van der Waals surface area contributed by atoms with Crippen molar-refractivity contribution in [1.82, 2.24) is 5.32 Å². The van der Waals surface area contributed by atoms with Crippen molar-refractivity contribution in [2.24, 2.45) is 0 Å². The molecule has 3 amide bonds. The lowest BCUT2D eigenvalue weighted by Crippen LogP contribution is -2.30. The van der Waals surface area contributed by atoms with Crippen molar-refractivity contribution in [3.05, 3.63) is 161 Å². The fraction of sp³-hybridized carbons (Fsp3) is 0.100. The second-order valence-corrected chi connectivity index (χ2v) is 12.4. The molecule has 4 N–H and O–H groups in total. The van der Waals surface area contributed by atoms with Crippen LogP contribution >= 0.6 is 11.8 Å². The first-order valence-electron chi connectivity index (χ1n) is 15.8. The Bertz CT molecular complexity index is 1980. The molecule has 0 aliphatic rings. The van der Waals surface area contributed by atoms with Gasteiger partial charge in [-0.2, -0.15) is 0 Å². The van der Waals surface area contributed by atoms with E-state index in [-0.39, 0.29) is 17.2 Å². The zero-order valence-corrected chi connectivity index (χ0v) is 28.0. The van der Waals surface area contributed by atoms with Gasteiger partial charge in [0.15, 0.2) is 0 Å². The van der Waals surface area contributed by atoms with Crippen LogP contribution in [0.1, 0.15) is 45.2 Å². The minimum Gasteiger partial charge on any atom is -0.489 e. The van der Waals surface area contributed by atoms with Gasteiger partial charge in [0.25, 0.3) is 11.8 Å². The molecule has 5 aromatic carbocycles. The number of nitrogens with one attached hydrogen (secondary N) is 3. The molecule has 1 unspecified atom stereocenters. The highest BCUT2D eigenvalue weighted by atomic mass is 32.2. The third-order valence-electron chi connectivity index (χ3n) is 7.38. The van der Waals surface area contributed by atoms with Gasteiger partial charge in [-0.1, -0.05) is 79.7 Å².